The van der Waals surface area contributed by atoms with Gasteiger partial charge in [0.1, 0.15) is 12.2 Å². The van der Waals surface area contributed by atoms with Gasteiger partial charge in [0.2, 0.25) is 0 Å². The number of nitrogens with zero attached hydrogens (tertiary/aromatic N) is 2. The van der Waals surface area contributed by atoms with Gasteiger partial charge < -0.3 is 10.5 Å². The van der Waals surface area contributed by atoms with Crippen molar-refractivity contribution in [2.45, 2.75) is 26.3 Å². The highest BCUT2D eigenvalue weighted by molar-refractivity contribution is 5.71. The van der Waals surface area contributed by atoms with Crippen molar-refractivity contribution in [3.63, 3.8) is 0 Å². The topological polar surface area (TPSA) is 93.9 Å². The summed E-state index contributed by atoms with van der Waals surface area (Å²) in [7, 11) is 0. The van der Waals surface area contributed by atoms with Gasteiger partial charge in [0.05, 0.1) is 12.6 Å². The van der Waals surface area contributed by atoms with Crippen LogP contribution in [0.1, 0.15) is 31.5 Å². The number of H-pyrrole nitrogens is 1. The minimum absolute atomic E-state index is 0.105. The third kappa shape index (κ3) is 2.81. The van der Waals surface area contributed by atoms with E-state index in [9.17, 15) is 4.79 Å². The SMILES string of the molecule is CCOC(=O)Cc1nc([C@@H](C)N)n[nH]1. The van der Waals surface area contributed by atoms with Crippen LogP contribution >= 0.6 is 0 Å². The van der Waals surface area contributed by atoms with Crippen LogP contribution in [0.25, 0.3) is 0 Å². The molecule has 0 saturated heterocycles. The molecule has 6 heteroatoms. The Kier molecular flexibility index (Phi) is 3.58. The summed E-state index contributed by atoms with van der Waals surface area (Å²) in [6.07, 6.45) is 0.105. The van der Waals surface area contributed by atoms with Gasteiger partial charge in [-0.25, -0.2) is 4.98 Å². The lowest BCUT2D eigenvalue weighted by Crippen LogP contribution is -2.09. The van der Waals surface area contributed by atoms with Crippen LogP contribution in [0.5, 0.6) is 0 Å². The smallest absolute Gasteiger partial charge is 0.313 e. The molecule has 78 valence electrons. The third-order valence-electron chi connectivity index (χ3n) is 1.57. The van der Waals surface area contributed by atoms with Gasteiger partial charge in [-0.15, -0.1) is 0 Å². The molecule has 0 radical (unpaired) electrons. The lowest BCUT2D eigenvalue weighted by atomic mass is 10.3. The first kappa shape index (κ1) is 10.6. The Balaban J connectivity index is 2.55. The van der Waals surface area contributed by atoms with Gasteiger partial charge in [-0.2, -0.15) is 5.10 Å². The summed E-state index contributed by atoms with van der Waals surface area (Å²) in [6, 6.07) is -0.234. The molecule has 0 aromatic carbocycles. The van der Waals surface area contributed by atoms with Crippen LogP contribution in [-0.2, 0) is 16.0 Å². The van der Waals surface area contributed by atoms with Crippen LogP contribution in [0.4, 0.5) is 0 Å². The van der Waals surface area contributed by atoms with Crippen molar-refractivity contribution in [2.24, 2.45) is 5.73 Å². The van der Waals surface area contributed by atoms with Crippen LogP contribution < -0.4 is 5.73 Å². The van der Waals surface area contributed by atoms with Crippen LogP contribution in [0.2, 0.25) is 0 Å². The van der Waals surface area contributed by atoms with Gasteiger partial charge in [0.25, 0.3) is 0 Å². The zero-order valence-corrected chi connectivity index (χ0v) is 8.28. The molecule has 1 rings (SSSR count). The molecular formula is C8H14N4O2. The van der Waals surface area contributed by atoms with E-state index in [4.69, 9.17) is 10.5 Å². The molecule has 1 aromatic rings. The van der Waals surface area contributed by atoms with Crippen molar-refractivity contribution in [2.75, 3.05) is 6.61 Å². The Hall–Kier alpha value is -1.43. The fourth-order valence-electron chi connectivity index (χ4n) is 0.942. The van der Waals surface area contributed by atoms with Gasteiger partial charge in [-0.05, 0) is 13.8 Å². The summed E-state index contributed by atoms with van der Waals surface area (Å²) >= 11 is 0. The molecule has 0 aliphatic heterocycles. The number of nitrogens with one attached hydrogen (secondary N) is 1. The standard InChI is InChI=1S/C8H14N4O2/c1-3-14-7(13)4-6-10-8(5(2)9)12-11-6/h5H,3-4,9H2,1-2H3,(H,10,11,12)/t5-/m1/s1. The average Bonchev–Trinajstić information content (AvgIpc) is 2.53. The first-order valence-corrected chi connectivity index (χ1v) is 4.45. The van der Waals surface area contributed by atoms with E-state index in [1.165, 1.54) is 0 Å². The predicted octanol–water partition coefficient (Wildman–Crippen LogP) is -0.0700. The predicted molar refractivity (Wildman–Crippen MR) is 49.3 cm³/mol. The number of aromatic nitrogens is 3. The van der Waals surface area contributed by atoms with E-state index in [2.05, 4.69) is 15.2 Å². The zero-order valence-electron chi connectivity index (χ0n) is 8.28. The number of carbonyl (C=O) groups is 1. The molecular weight excluding hydrogens is 184 g/mol. The Morgan fingerprint density at radius 1 is 1.71 bits per heavy atom. The van der Waals surface area contributed by atoms with E-state index in [0.29, 0.717) is 18.3 Å². The van der Waals surface area contributed by atoms with Gasteiger partial charge in [0.15, 0.2) is 5.82 Å². The molecule has 0 unspecified atom stereocenters. The monoisotopic (exact) mass is 198 g/mol. The highest BCUT2D eigenvalue weighted by atomic mass is 16.5. The Morgan fingerprint density at radius 3 is 2.93 bits per heavy atom. The molecule has 3 N–H and O–H groups in total. The molecule has 1 atom stereocenters. The lowest BCUT2D eigenvalue weighted by Gasteiger charge is -1.97. The minimum Gasteiger partial charge on any atom is -0.466 e. The second-order valence-electron chi connectivity index (χ2n) is 2.91. The fraction of sp³-hybridized carbons (Fsp3) is 0.625. The minimum atomic E-state index is -0.320. The molecule has 0 bridgehead atoms. The second kappa shape index (κ2) is 4.71. The molecule has 0 spiro atoms. The highest BCUT2D eigenvalue weighted by Crippen LogP contribution is 2.02. The zero-order chi connectivity index (χ0) is 10.6. The van der Waals surface area contributed by atoms with Gasteiger partial charge in [-0.3, -0.25) is 9.89 Å². The van der Waals surface area contributed by atoms with E-state index in [0.717, 1.165) is 0 Å². The van der Waals surface area contributed by atoms with Gasteiger partial charge >= 0.3 is 5.97 Å². The first-order valence-electron chi connectivity index (χ1n) is 4.45. The van der Waals surface area contributed by atoms with Crippen molar-refractivity contribution in [1.82, 2.24) is 15.2 Å². The number of nitrogens with two attached hydrogens (primary N) is 1. The van der Waals surface area contributed by atoms with E-state index < -0.39 is 0 Å². The molecule has 1 aromatic heterocycles. The highest BCUT2D eigenvalue weighted by Gasteiger charge is 2.10. The number of esters is 1. The Labute approximate surface area is 81.9 Å². The van der Waals surface area contributed by atoms with Crippen molar-refractivity contribution < 1.29 is 9.53 Å². The van der Waals surface area contributed by atoms with Gasteiger partial charge in [0, 0.05) is 0 Å². The van der Waals surface area contributed by atoms with E-state index in [1.54, 1.807) is 13.8 Å². The molecule has 0 saturated carbocycles. The quantitative estimate of drug-likeness (QED) is 0.660. The number of hydrogen-bond acceptors (Lipinski definition) is 5. The maximum atomic E-state index is 11.1. The molecule has 1 heterocycles. The molecule has 0 fully saturated rings. The number of carbonyl (C=O) groups excluding carboxylic acids is 1. The van der Waals surface area contributed by atoms with Crippen molar-refractivity contribution >= 4 is 5.97 Å². The Bertz CT molecular complexity index is 308. The summed E-state index contributed by atoms with van der Waals surface area (Å²) in [6.45, 7) is 3.90. The molecule has 6 nitrogen and oxygen atoms in total. The average molecular weight is 198 g/mol. The first-order chi connectivity index (χ1) is 6.63. The maximum absolute atomic E-state index is 11.1. The normalized spacial score (nSPS) is 12.5. The van der Waals surface area contributed by atoms with Crippen molar-refractivity contribution in [3.05, 3.63) is 11.6 Å². The lowest BCUT2D eigenvalue weighted by molar-refractivity contribution is -0.142. The summed E-state index contributed by atoms with van der Waals surface area (Å²) < 4.78 is 4.76. The van der Waals surface area contributed by atoms with E-state index in [-0.39, 0.29) is 18.4 Å². The fourth-order valence-corrected chi connectivity index (χ4v) is 0.942. The summed E-state index contributed by atoms with van der Waals surface area (Å²) in [5, 5.41) is 6.49. The molecule has 0 aliphatic rings. The van der Waals surface area contributed by atoms with Crippen LogP contribution in [0, 0.1) is 0 Å². The Morgan fingerprint density at radius 2 is 2.43 bits per heavy atom. The number of rotatable bonds is 4. The number of ether oxygens (including phenoxy) is 1. The van der Waals surface area contributed by atoms with Crippen LogP contribution in [0.15, 0.2) is 0 Å². The summed E-state index contributed by atoms with van der Waals surface area (Å²) in [4.78, 5) is 15.1. The third-order valence-corrected chi connectivity index (χ3v) is 1.57. The largest absolute Gasteiger partial charge is 0.466 e. The van der Waals surface area contributed by atoms with E-state index in [1.807, 2.05) is 0 Å². The van der Waals surface area contributed by atoms with Gasteiger partial charge in [-0.1, -0.05) is 0 Å². The summed E-state index contributed by atoms with van der Waals surface area (Å²) in [5.74, 6) is 0.667. The number of aromatic amines is 1. The van der Waals surface area contributed by atoms with Crippen LogP contribution in [-0.4, -0.2) is 27.8 Å². The maximum Gasteiger partial charge on any atom is 0.313 e. The van der Waals surface area contributed by atoms with Crippen LogP contribution in [0.3, 0.4) is 0 Å². The summed E-state index contributed by atoms with van der Waals surface area (Å²) in [5.41, 5.74) is 5.56. The molecule has 0 amide bonds. The number of hydrogen-bond donors (Lipinski definition) is 2. The molecule has 14 heavy (non-hydrogen) atoms. The van der Waals surface area contributed by atoms with Crippen molar-refractivity contribution in [3.8, 4) is 0 Å². The van der Waals surface area contributed by atoms with E-state index >= 15 is 0 Å². The van der Waals surface area contributed by atoms with Crippen molar-refractivity contribution in [1.29, 1.82) is 0 Å². The molecule has 0 aliphatic carbocycles. The second-order valence-corrected chi connectivity index (χ2v) is 2.91.